The van der Waals surface area contributed by atoms with Crippen molar-refractivity contribution in [1.29, 1.82) is 0 Å². The molecule has 7 nitrogen and oxygen atoms in total. The van der Waals surface area contributed by atoms with Gasteiger partial charge in [-0.1, -0.05) is 5.16 Å². The Balaban J connectivity index is 0.000000552. The molecule has 2 aromatic rings. The van der Waals surface area contributed by atoms with Gasteiger partial charge in [0.25, 0.3) is 0 Å². The van der Waals surface area contributed by atoms with Crippen molar-refractivity contribution < 1.29 is 23.9 Å². The second kappa shape index (κ2) is 10.6. The molecule has 176 valence electrons. The van der Waals surface area contributed by atoms with Crippen LogP contribution < -0.4 is 5.32 Å². The molecule has 0 atom stereocenters. The summed E-state index contributed by atoms with van der Waals surface area (Å²) in [5.41, 5.74) is 1.50. The van der Waals surface area contributed by atoms with E-state index in [4.69, 9.17) is 14.7 Å². The summed E-state index contributed by atoms with van der Waals surface area (Å²) in [4.78, 5) is 13.3. The van der Waals surface area contributed by atoms with E-state index in [-0.39, 0.29) is 18.0 Å². The summed E-state index contributed by atoms with van der Waals surface area (Å²) in [6.45, 7) is 3.21. The largest absolute Gasteiger partial charge is 0.465 e. The van der Waals surface area contributed by atoms with E-state index in [0.29, 0.717) is 17.4 Å². The average molecular weight is 448 g/mol. The number of fused-ring (bicyclic) bond motifs is 1. The first-order valence-corrected chi connectivity index (χ1v) is 11.9. The van der Waals surface area contributed by atoms with Crippen LogP contribution in [-0.2, 0) is 0 Å². The minimum Gasteiger partial charge on any atom is -0.465 e. The number of nitrogens with zero attached hydrogens (tertiary/aromatic N) is 2. The minimum atomic E-state index is -0.906. The van der Waals surface area contributed by atoms with Gasteiger partial charge >= 0.3 is 6.09 Å². The van der Waals surface area contributed by atoms with E-state index >= 15 is 0 Å². The average Bonchev–Trinajstić information content (AvgIpc) is 3.46. The number of piperidine rings is 1. The van der Waals surface area contributed by atoms with Crippen LogP contribution >= 0.6 is 0 Å². The number of halogens is 1. The lowest BCUT2D eigenvalue weighted by atomic mass is 9.84. The molecule has 1 amide bonds. The van der Waals surface area contributed by atoms with Gasteiger partial charge in [0.2, 0.25) is 0 Å². The number of amides is 1. The molecule has 0 radical (unpaired) electrons. The SMILES string of the molecule is O=C(O)NC1CCC(CCN2CCC(c3noc4cc(F)ccc34)CC2)CC1.OC1CC1. The van der Waals surface area contributed by atoms with E-state index in [1.807, 2.05) is 0 Å². The zero-order valence-electron chi connectivity index (χ0n) is 18.5. The number of hydrogen-bond acceptors (Lipinski definition) is 5. The molecular weight excluding hydrogens is 413 g/mol. The van der Waals surface area contributed by atoms with E-state index in [2.05, 4.69) is 15.4 Å². The summed E-state index contributed by atoms with van der Waals surface area (Å²) in [7, 11) is 0. The van der Waals surface area contributed by atoms with Crippen LogP contribution in [0.3, 0.4) is 0 Å². The molecule has 3 aliphatic rings. The summed E-state index contributed by atoms with van der Waals surface area (Å²) in [6, 6.07) is 4.79. The fraction of sp³-hybridized carbons (Fsp3) is 0.667. The molecule has 2 aliphatic carbocycles. The van der Waals surface area contributed by atoms with Gasteiger partial charge in [-0.25, -0.2) is 9.18 Å². The van der Waals surface area contributed by atoms with Gasteiger partial charge in [0, 0.05) is 23.4 Å². The predicted molar refractivity (Wildman–Crippen MR) is 119 cm³/mol. The first-order chi connectivity index (χ1) is 15.5. The molecule has 1 aromatic heterocycles. The highest BCUT2D eigenvalue weighted by molar-refractivity contribution is 5.79. The molecule has 2 heterocycles. The Morgan fingerprint density at radius 3 is 2.44 bits per heavy atom. The van der Waals surface area contributed by atoms with Gasteiger partial charge in [0.05, 0.1) is 11.8 Å². The Hall–Kier alpha value is -2.19. The van der Waals surface area contributed by atoms with Gasteiger partial charge in [-0.05, 0) is 95.5 Å². The van der Waals surface area contributed by atoms with Crippen LogP contribution in [0.5, 0.6) is 0 Å². The first-order valence-electron chi connectivity index (χ1n) is 11.9. The highest BCUT2D eigenvalue weighted by Crippen LogP contribution is 2.33. The monoisotopic (exact) mass is 447 g/mol. The highest BCUT2D eigenvalue weighted by Gasteiger charge is 2.27. The van der Waals surface area contributed by atoms with Crippen LogP contribution in [0, 0.1) is 11.7 Å². The molecule has 0 bridgehead atoms. The fourth-order valence-electron chi connectivity index (χ4n) is 4.87. The van der Waals surface area contributed by atoms with Crippen LogP contribution in [0.15, 0.2) is 22.7 Å². The van der Waals surface area contributed by atoms with Crippen molar-refractivity contribution in [3.63, 3.8) is 0 Å². The lowest BCUT2D eigenvalue weighted by Crippen LogP contribution is -2.38. The van der Waals surface area contributed by atoms with Gasteiger partial charge in [0.15, 0.2) is 5.58 Å². The third-order valence-electron chi connectivity index (χ3n) is 7.01. The summed E-state index contributed by atoms with van der Waals surface area (Å²) in [5, 5.41) is 24.8. The summed E-state index contributed by atoms with van der Waals surface area (Å²) < 4.78 is 18.7. The molecule has 0 spiro atoms. The Kier molecular flexibility index (Phi) is 7.63. The molecule has 8 heteroatoms. The Morgan fingerprint density at radius 2 is 1.81 bits per heavy atom. The van der Waals surface area contributed by atoms with E-state index in [1.54, 1.807) is 6.07 Å². The van der Waals surface area contributed by atoms with Crippen LogP contribution in [0.2, 0.25) is 0 Å². The highest BCUT2D eigenvalue weighted by atomic mass is 19.1. The molecule has 3 N–H and O–H groups in total. The molecule has 1 saturated heterocycles. The number of hydrogen-bond donors (Lipinski definition) is 3. The Morgan fingerprint density at radius 1 is 1.12 bits per heavy atom. The number of rotatable bonds is 5. The maximum Gasteiger partial charge on any atom is 0.404 e. The van der Waals surface area contributed by atoms with Gasteiger partial charge in [0.1, 0.15) is 5.82 Å². The van der Waals surface area contributed by atoms with Gasteiger partial charge in [-0.15, -0.1) is 0 Å². The molecule has 32 heavy (non-hydrogen) atoms. The number of likely N-dealkylation sites (tertiary alicyclic amines) is 1. The smallest absolute Gasteiger partial charge is 0.404 e. The normalized spacial score (nSPS) is 24.7. The zero-order valence-corrected chi connectivity index (χ0v) is 18.5. The molecular formula is C24H34FN3O4. The number of aliphatic hydroxyl groups excluding tert-OH is 1. The Labute approximate surface area is 187 Å². The van der Waals surface area contributed by atoms with Gasteiger partial charge in [-0.2, -0.15) is 0 Å². The van der Waals surface area contributed by atoms with Gasteiger partial charge < -0.3 is 25.0 Å². The van der Waals surface area contributed by atoms with Crippen molar-refractivity contribution in [1.82, 2.24) is 15.4 Å². The summed E-state index contributed by atoms with van der Waals surface area (Å²) >= 11 is 0. The number of carboxylic acid groups (broad SMARTS) is 1. The number of aromatic nitrogens is 1. The van der Waals surface area contributed by atoms with Crippen molar-refractivity contribution in [2.24, 2.45) is 5.92 Å². The topological polar surface area (TPSA) is 98.8 Å². The van der Waals surface area contributed by atoms with Crippen molar-refractivity contribution in [2.45, 2.75) is 75.9 Å². The van der Waals surface area contributed by atoms with Crippen molar-refractivity contribution >= 4 is 17.1 Å². The Bertz CT molecular complexity index is 884. The fourth-order valence-corrected chi connectivity index (χ4v) is 4.87. The molecule has 5 rings (SSSR count). The predicted octanol–water partition coefficient (Wildman–Crippen LogP) is 4.50. The van der Waals surface area contributed by atoms with E-state index in [1.165, 1.54) is 18.6 Å². The number of nitrogens with one attached hydrogen (secondary N) is 1. The van der Waals surface area contributed by atoms with Crippen LogP contribution in [-0.4, -0.2) is 58.1 Å². The minimum absolute atomic E-state index is 0.0833. The summed E-state index contributed by atoms with van der Waals surface area (Å²) in [6.07, 6.45) is 8.69. The molecule has 1 aliphatic heterocycles. The molecule has 3 fully saturated rings. The molecule has 2 saturated carbocycles. The first kappa shape index (κ1) is 23.0. The summed E-state index contributed by atoms with van der Waals surface area (Å²) in [5.74, 6) is 0.789. The van der Waals surface area contributed by atoms with Crippen molar-refractivity contribution in [3.05, 3.63) is 29.7 Å². The lowest BCUT2D eigenvalue weighted by Gasteiger charge is -2.33. The maximum absolute atomic E-state index is 13.3. The standard InChI is InChI=1S/C21H28FN3O3.C3H6O/c22-16-3-6-18-19(13-16)28-24-20(18)15-8-11-25(12-9-15)10-7-14-1-4-17(5-2-14)23-21(26)27;4-3-1-2-3/h3,6,13-15,17,23H,1-2,4-5,7-12H2,(H,26,27);3-4H,1-2H2. The van der Waals surface area contributed by atoms with E-state index in [9.17, 15) is 9.18 Å². The van der Waals surface area contributed by atoms with Crippen LogP contribution in [0.4, 0.5) is 9.18 Å². The maximum atomic E-state index is 13.3. The number of benzene rings is 1. The van der Waals surface area contributed by atoms with E-state index in [0.717, 1.165) is 82.1 Å². The van der Waals surface area contributed by atoms with E-state index < -0.39 is 6.09 Å². The second-order valence-electron chi connectivity index (χ2n) is 9.51. The number of aliphatic hydroxyl groups is 1. The lowest BCUT2D eigenvalue weighted by molar-refractivity contribution is 0.171. The van der Waals surface area contributed by atoms with Gasteiger partial charge in [-0.3, -0.25) is 0 Å². The van der Waals surface area contributed by atoms with Crippen LogP contribution in [0.25, 0.3) is 11.0 Å². The second-order valence-corrected chi connectivity index (χ2v) is 9.51. The zero-order chi connectivity index (χ0) is 22.5. The number of carbonyl (C=O) groups is 1. The van der Waals surface area contributed by atoms with Crippen molar-refractivity contribution in [2.75, 3.05) is 19.6 Å². The third kappa shape index (κ3) is 6.42. The molecule has 0 unspecified atom stereocenters. The third-order valence-corrected chi connectivity index (χ3v) is 7.01. The van der Waals surface area contributed by atoms with Crippen molar-refractivity contribution in [3.8, 4) is 0 Å². The quantitative estimate of drug-likeness (QED) is 0.624. The molecule has 1 aromatic carbocycles. The van der Waals surface area contributed by atoms with Crippen LogP contribution in [0.1, 0.15) is 69.4 Å².